The summed E-state index contributed by atoms with van der Waals surface area (Å²) in [5, 5.41) is 0. The number of ether oxygens (including phenoxy) is 1. The van der Waals surface area contributed by atoms with Crippen LogP contribution in [-0.4, -0.2) is 18.5 Å². The minimum Gasteiger partial charge on any atom is -0.379 e. The molecule has 0 N–H and O–H groups in total. The monoisotopic (exact) mass is 320 g/mol. The first-order chi connectivity index (χ1) is 11.0. The van der Waals surface area contributed by atoms with Crippen LogP contribution in [-0.2, 0) is 9.53 Å². The first-order valence-electron chi connectivity index (χ1n) is 10.2. The molecule has 23 heavy (non-hydrogen) atoms. The average molecular weight is 321 g/mol. The zero-order valence-corrected chi connectivity index (χ0v) is 15.6. The third-order valence-electron chi connectivity index (χ3n) is 7.81. The van der Waals surface area contributed by atoms with Crippen molar-refractivity contribution < 1.29 is 9.53 Å². The largest absolute Gasteiger partial charge is 0.379 e. The molecule has 3 aliphatic carbocycles. The van der Waals surface area contributed by atoms with Gasteiger partial charge in [-0.2, -0.15) is 0 Å². The van der Waals surface area contributed by atoms with Crippen molar-refractivity contribution in [2.75, 3.05) is 6.61 Å². The Balaban J connectivity index is 1.78. The van der Waals surface area contributed by atoms with Crippen molar-refractivity contribution in [3.63, 3.8) is 0 Å². The van der Waals surface area contributed by atoms with Crippen LogP contribution in [0, 0.1) is 35.0 Å². The Labute approximate surface area is 142 Å². The van der Waals surface area contributed by atoms with Crippen molar-refractivity contribution in [2.45, 2.75) is 85.2 Å². The summed E-state index contributed by atoms with van der Waals surface area (Å²) in [7, 11) is 0. The van der Waals surface area contributed by atoms with Gasteiger partial charge in [-0.05, 0) is 82.0 Å². The Morgan fingerprint density at radius 3 is 2.65 bits per heavy atom. The summed E-state index contributed by atoms with van der Waals surface area (Å²) in [4.78, 5) is 12.4. The Morgan fingerprint density at radius 2 is 1.96 bits per heavy atom. The molecule has 0 amide bonds. The molecule has 7 atom stereocenters. The molecule has 2 nitrogen and oxygen atoms in total. The standard InChI is InChI=1S/C21H36O2/c1-5-15-7-8-17-16(18(15)13-14(3)23-6-2)11-12-21(4)19(17)9-10-20(21)22/h14-19H,5-13H2,1-4H3. The van der Waals surface area contributed by atoms with Gasteiger partial charge in [0.05, 0.1) is 6.10 Å². The van der Waals surface area contributed by atoms with Gasteiger partial charge in [-0.25, -0.2) is 0 Å². The van der Waals surface area contributed by atoms with Crippen LogP contribution >= 0.6 is 0 Å². The van der Waals surface area contributed by atoms with Gasteiger partial charge >= 0.3 is 0 Å². The number of fused-ring (bicyclic) bond motifs is 3. The van der Waals surface area contributed by atoms with Crippen molar-refractivity contribution in [3.05, 3.63) is 0 Å². The van der Waals surface area contributed by atoms with E-state index in [1.165, 1.54) is 38.5 Å². The van der Waals surface area contributed by atoms with Gasteiger partial charge < -0.3 is 4.74 Å². The number of rotatable bonds is 5. The van der Waals surface area contributed by atoms with E-state index in [-0.39, 0.29) is 5.41 Å². The topological polar surface area (TPSA) is 26.3 Å². The third-order valence-corrected chi connectivity index (χ3v) is 7.81. The Hall–Kier alpha value is -0.370. The smallest absolute Gasteiger partial charge is 0.139 e. The summed E-state index contributed by atoms with van der Waals surface area (Å²) in [5.74, 6) is 4.60. The summed E-state index contributed by atoms with van der Waals surface area (Å²) in [5.41, 5.74) is 0.0241. The molecule has 0 spiro atoms. The number of ketones is 1. The second-order valence-electron chi connectivity index (χ2n) is 8.76. The lowest BCUT2D eigenvalue weighted by molar-refractivity contribution is -0.133. The molecule has 0 aromatic rings. The van der Waals surface area contributed by atoms with Crippen LogP contribution < -0.4 is 0 Å². The first-order valence-corrected chi connectivity index (χ1v) is 10.2. The van der Waals surface area contributed by atoms with E-state index >= 15 is 0 Å². The molecule has 7 unspecified atom stereocenters. The van der Waals surface area contributed by atoms with E-state index in [0.717, 1.165) is 43.1 Å². The van der Waals surface area contributed by atoms with Gasteiger partial charge in [0.25, 0.3) is 0 Å². The maximum absolute atomic E-state index is 12.4. The number of carbonyl (C=O) groups excluding carboxylic acids is 1. The highest BCUT2D eigenvalue weighted by atomic mass is 16.5. The molecule has 0 aliphatic heterocycles. The van der Waals surface area contributed by atoms with Crippen LogP contribution in [0.2, 0.25) is 0 Å². The second-order valence-corrected chi connectivity index (χ2v) is 8.76. The fraction of sp³-hybridized carbons (Fsp3) is 0.952. The van der Waals surface area contributed by atoms with E-state index in [1.807, 2.05) is 0 Å². The van der Waals surface area contributed by atoms with Gasteiger partial charge in [0.15, 0.2) is 0 Å². The fourth-order valence-corrected chi connectivity index (χ4v) is 6.61. The van der Waals surface area contributed by atoms with Crippen molar-refractivity contribution in [1.82, 2.24) is 0 Å². The van der Waals surface area contributed by atoms with Crippen LogP contribution in [0.3, 0.4) is 0 Å². The lowest BCUT2D eigenvalue weighted by atomic mass is 9.51. The first kappa shape index (κ1) is 17.5. The maximum atomic E-state index is 12.4. The van der Waals surface area contributed by atoms with Crippen LogP contribution in [0.15, 0.2) is 0 Å². The highest BCUT2D eigenvalue weighted by Gasteiger charge is 2.56. The summed E-state index contributed by atoms with van der Waals surface area (Å²) in [6.45, 7) is 9.84. The number of carbonyl (C=O) groups is 1. The molecule has 2 heteroatoms. The van der Waals surface area contributed by atoms with E-state index in [0.29, 0.717) is 17.8 Å². The van der Waals surface area contributed by atoms with Crippen molar-refractivity contribution >= 4 is 5.78 Å². The quantitative estimate of drug-likeness (QED) is 0.691. The molecule has 3 saturated carbocycles. The molecule has 0 saturated heterocycles. The molecule has 0 bridgehead atoms. The summed E-state index contributed by atoms with van der Waals surface area (Å²) in [6, 6.07) is 0. The normalized spacial score (nSPS) is 44.7. The third kappa shape index (κ3) is 3.01. The molecule has 0 aromatic carbocycles. The summed E-state index contributed by atoms with van der Waals surface area (Å²) in [6.07, 6.45) is 10.1. The second kappa shape index (κ2) is 6.86. The molecule has 0 aromatic heterocycles. The van der Waals surface area contributed by atoms with E-state index in [4.69, 9.17) is 4.74 Å². The maximum Gasteiger partial charge on any atom is 0.139 e. The number of hydrogen-bond acceptors (Lipinski definition) is 2. The van der Waals surface area contributed by atoms with Gasteiger partial charge in [-0.3, -0.25) is 4.79 Å². The van der Waals surface area contributed by atoms with Crippen LogP contribution in [0.1, 0.15) is 79.1 Å². The summed E-state index contributed by atoms with van der Waals surface area (Å²) >= 11 is 0. The van der Waals surface area contributed by atoms with Crippen LogP contribution in [0.25, 0.3) is 0 Å². The molecule has 3 aliphatic rings. The molecule has 0 heterocycles. The SMILES string of the molecule is CCOC(C)CC1C(CC)CCC2C1CCC1(C)C(=O)CCC21. The molecular formula is C21H36O2. The minimum atomic E-state index is 0.0241. The van der Waals surface area contributed by atoms with Gasteiger partial charge in [0.1, 0.15) is 5.78 Å². The van der Waals surface area contributed by atoms with Crippen molar-refractivity contribution in [3.8, 4) is 0 Å². The lowest BCUT2D eigenvalue weighted by Gasteiger charge is -2.53. The minimum absolute atomic E-state index is 0.0241. The number of Topliss-reactive ketones (excluding diaryl/α,β-unsaturated/α-hetero) is 1. The number of hydrogen-bond donors (Lipinski definition) is 0. The van der Waals surface area contributed by atoms with E-state index in [9.17, 15) is 4.79 Å². The highest BCUT2D eigenvalue weighted by molar-refractivity contribution is 5.87. The van der Waals surface area contributed by atoms with Crippen LogP contribution in [0.4, 0.5) is 0 Å². The predicted molar refractivity (Wildman–Crippen MR) is 94.3 cm³/mol. The Bertz CT molecular complexity index is 432. The highest BCUT2D eigenvalue weighted by Crippen LogP contribution is 2.60. The zero-order chi connectivity index (χ0) is 16.6. The molecule has 0 radical (unpaired) electrons. The Morgan fingerprint density at radius 1 is 1.17 bits per heavy atom. The molecule has 3 fully saturated rings. The van der Waals surface area contributed by atoms with Gasteiger partial charge in [-0.1, -0.05) is 20.3 Å². The zero-order valence-electron chi connectivity index (χ0n) is 15.6. The lowest BCUT2D eigenvalue weighted by Crippen LogP contribution is -2.48. The van der Waals surface area contributed by atoms with E-state index in [2.05, 4.69) is 27.7 Å². The van der Waals surface area contributed by atoms with Crippen LogP contribution in [0.5, 0.6) is 0 Å². The molecule has 132 valence electrons. The van der Waals surface area contributed by atoms with Crippen molar-refractivity contribution in [2.24, 2.45) is 35.0 Å². The van der Waals surface area contributed by atoms with Gasteiger partial charge in [0, 0.05) is 18.4 Å². The predicted octanol–water partition coefficient (Wildman–Crippen LogP) is 5.25. The van der Waals surface area contributed by atoms with Crippen molar-refractivity contribution in [1.29, 1.82) is 0 Å². The molecule has 3 rings (SSSR count). The van der Waals surface area contributed by atoms with E-state index in [1.54, 1.807) is 0 Å². The van der Waals surface area contributed by atoms with Gasteiger partial charge in [-0.15, -0.1) is 0 Å². The molecular weight excluding hydrogens is 284 g/mol. The fourth-order valence-electron chi connectivity index (χ4n) is 6.61. The van der Waals surface area contributed by atoms with E-state index < -0.39 is 0 Å². The summed E-state index contributed by atoms with van der Waals surface area (Å²) < 4.78 is 5.89. The average Bonchev–Trinajstić information content (AvgIpc) is 2.83. The van der Waals surface area contributed by atoms with Gasteiger partial charge in [0.2, 0.25) is 0 Å². The Kier molecular flexibility index (Phi) is 5.21.